The summed E-state index contributed by atoms with van der Waals surface area (Å²) in [5.74, 6) is -0.378. The van der Waals surface area contributed by atoms with Crippen LogP contribution in [0.5, 0.6) is 0 Å². The van der Waals surface area contributed by atoms with Crippen molar-refractivity contribution in [1.29, 1.82) is 0 Å². The highest BCUT2D eigenvalue weighted by atomic mass is 16.3. The van der Waals surface area contributed by atoms with Gasteiger partial charge in [0.25, 0.3) is 5.91 Å². The summed E-state index contributed by atoms with van der Waals surface area (Å²) < 4.78 is 0. The summed E-state index contributed by atoms with van der Waals surface area (Å²) in [4.78, 5) is 23.0. The van der Waals surface area contributed by atoms with Gasteiger partial charge < -0.3 is 15.7 Å². The van der Waals surface area contributed by atoms with E-state index in [2.05, 4.69) is 10.6 Å². The number of aliphatic hydroxyl groups excluding tert-OH is 1. The van der Waals surface area contributed by atoms with Gasteiger partial charge in [0.05, 0.1) is 0 Å². The van der Waals surface area contributed by atoms with Gasteiger partial charge in [-0.05, 0) is 31.0 Å². The van der Waals surface area contributed by atoms with E-state index in [9.17, 15) is 9.59 Å². The number of benzene rings is 1. The van der Waals surface area contributed by atoms with Crippen LogP contribution in [-0.4, -0.2) is 29.6 Å². The molecule has 0 aliphatic rings. The zero-order chi connectivity index (χ0) is 14.3. The SMILES string of the molecule is CCC(CCO)NC(=O)c1cccc(NC(C)=O)c1. The molecule has 19 heavy (non-hydrogen) atoms. The number of aliphatic hydroxyl groups is 1. The molecule has 0 saturated heterocycles. The predicted octanol–water partition coefficient (Wildman–Crippen LogP) is 1.54. The number of carbonyl (C=O) groups is 2. The lowest BCUT2D eigenvalue weighted by atomic mass is 10.1. The Morgan fingerprint density at radius 3 is 2.68 bits per heavy atom. The van der Waals surface area contributed by atoms with Gasteiger partial charge in [0.1, 0.15) is 0 Å². The van der Waals surface area contributed by atoms with Crippen molar-refractivity contribution in [3.05, 3.63) is 29.8 Å². The van der Waals surface area contributed by atoms with Crippen molar-refractivity contribution in [3.63, 3.8) is 0 Å². The highest BCUT2D eigenvalue weighted by molar-refractivity contribution is 5.96. The largest absolute Gasteiger partial charge is 0.396 e. The summed E-state index contributed by atoms with van der Waals surface area (Å²) in [6.45, 7) is 3.42. The minimum absolute atomic E-state index is 0.0399. The van der Waals surface area contributed by atoms with Crippen LogP contribution in [0.25, 0.3) is 0 Å². The third-order valence-electron chi connectivity index (χ3n) is 2.75. The summed E-state index contributed by atoms with van der Waals surface area (Å²) in [6, 6.07) is 6.72. The average Bonchev–Trinajstić information content (AvgIpc) is 2.37. The maximum Gasteiger partial charge on any atom is 0.251 e. The van der Waals surface area contributed by atoms with E-state index in [1.54, 1.807) is 24.3 Å². The molecule has 0 bridgehead atoms. The van der Waals surface area contributed by atoms with Gasteiger partial charge in [-0.2, -0.15) is 0 Å². The molecule has 0 aliphatic carbocycles. The van der Waals surface area contributed by atoms with E-state index in [1.165, 1.54) is 6.92 Å². The lowest BCUT2D eigenvalue weighted by Gasteiger charge is -2.16. The van der Waals surface area contributed by atoms with Crippen molar-refractivity contribution >= 4 is 17.5 Å². The van der Waals surface area contributed by atoms with E-state index in [1.807, 2.05) is 6.92 Å². The Bertz CT molecular complexity index is 446. The molecule has 1 unspecified atom stereocenters. The smallest absolute Gasteiger partial charge is 0.251 e. The monoisotopic (exact) mass is 264 g/mol. The standard InChI is InChI=1S/C14H20N2O3/c1-3-12(7-8-17)16-14(19)11-5-4-6-13(9-11)15-10(2)18/h4-6,9,12,17H,3,7-8H2,1-2H3,(H,15,18)(H,16,19). The molecule has 0 spiro atoms. The number of rotatable bonds is 6. The molecule has 0 aromatic heterocycles. The van der Waals surface area contributed by atoms with Crippen LogP contribution in [0, 0.1) is 0 Å². The molecule has 1 atom stereocenters. The first kappa shape index (κ1) is 15.2. The normalized spacial score (nSPS) is 11.7. The number of hydrogen-bond acceptors (Lipinski definition) is 3. The lowest BCUT2D eigenvalue weighted by molar-refractivity contribution is -0.114. The zero-order valence-electron chi connectivity index (χ0n) is 11.3. The summed E-state index contributed by atoms with van der Waals surface area (Å²) >= 11 is 0. The molecule has 1 rings (SSSR count). The average molecular weight is 264 g/mol. The van der Waals surface area contributed by atoms with Gasteiger partial charge in [0.15, 0.2) is 0 Å². The Labute approximate surface area is 113 Å². The molecule has 1 aromatic carbocycles. The molecule has 3 N–H and O–H groups in total. The van der Waals surface area contributed by atoms with Crippen LogP contribution in [0.2, 0.25) is 0 Å². The van der Waals surface area contributed by atoms with Crippen molar-refractivity contribution in [1.82, 2.24) is 5.32 Å². The Hall–Kier alpha value is -1.88. The number of hydrogen-bond donors (Lipinski definition) is 3. The van der Waals surface area contributed by atoms with Crippen molar-refractivity contribution in [2.75, 3.05) is 11.9 Å². The molecular formula is C14H20N2O3. The van der Waals surface area contributed by atoms with Gasteiger partial charge in [0, 0.05) is 30.8 Å². The van der Waals surface area contributed by atoms with Crippen LogP contribution in [0.3, 0.4) is 0 Å². The van der Waals surface area contributed by atoms with Crippen LogP contribution < -0.4 is 10.6 Å². The highest BCUT2D eigenvalue weighted by Crippen LogP contribution is 2.11. The number of amides is 2. The third-order valence-corrected chi connectivity index (χ3v) is 2.75. The second kappa shape index (κ2) is 7.53. The van der Waals surface area contributed by atoms with E-state index in [0.29, 0.717) is 17.7 Å². The van der Waals surface area contributed by atoms with Crippen LogP contribution in [-0.2, 0) is 4.79 Å². The van der Waals surface area contributed by atoms with Gasteiger partial charge in [-0.1, -0.05) is 13.0 Å². The van der Waals surface area contributed by atoms with Crippen LogP contribution in [0.15, 0.2) is 24.3 Å². The second-order valence-electron chi connectivity index (χ2n) is 4.35. The topological polar surface area (TPSA) is 78.4 Å². The van der Waals surface area contributed by atoms with Crippen LogP contribution in [0.4, 0.5) is 5.69 Å². The van der Waals surface area contributed by atoms with Crippen LogP contribution in [0.1, 0.15) is 37.0 Å². The summed E-state index contributed by atoms with van der Waals surface area (Å²) in [7, 11) is 0. The minimum atomic E-state index is -0.201. The van der Waals surface area contributed by atoms with Gasteiger partial charge >= 0.3 is 0 Å². The first-order chi connectivity index (χ1) is 9.06. The van der Waals surface area contributed by atoms with E-state index < -0.39 is 0 Å². The minimum Gasteiger partial charge on any atom is -0.396 e. The summed E-state index contributed by atoms with van der Waals surface area (Å²) in [6.07, 6.45) is 1.30. The maximum absolute atomic E-state index is 12.0. The van der Waals surface area contributed by atoms with E-state index in [-0.39, 0.29) is 24.5 Å². The molecule has 2 amide bonds. The highest BCUT2D eigenvalue weighted by Gasteiger charge is 2.12. The molecule has 0 saturated carbocycles. The van der Waals surface area contributed by atoms with Crippen LogP contribution >= 0.6 is 0 Å². The number of anilines is 1. The number of nitrogens with one attached hydrogen (secondary N) is 2. The van der Waals surface area contributed by atoms with E-state index in [4.69, 9.17) is 5.11 Å². The van der Waals surface area contributed by atoms with Crippen molar-refractivity contribution in [2.45, 2.75) is 32.7 Å². The van der Waals surface area contributed by atoms with Gasteiger partial charge in [-0.3, -0.25) is 9.59 Å². The molecule has 0 heterocycles. The molecule has 1 aromatic rings. The van der Waals surface area contributed by atoms with Crippen molar-refractivity contribution in [2.24, 2.45) is 0 Å². The Morgan fingerprint density at radius 1 is 1.37 bits per heavy atom. The van der Waals surface area contributed by atoms with Gasteiger partial charge in [-0.15, -0.1) is 0 Å². The number of carbonyl (C=O) groups excluding carboxylic acids is 2. The van der Waals surface area contributed by atoms with E-state index in [0.717, 1.165) is 6.42 Å². The van der Waals surface area contributed by atoms with Gasteiger partial charge in [0.2, 0.25) is 5.91 Å². The third kappa shape index (κ3) is 5.09. The maximum atomic E-state index is 12.0. The Morgan fingerprint density at radius 2 is 2.11 bits per heavy atom. The molecule has 0 aliphatic heterocycles. The van der Waals surface area contributed by atoms with Gasteiger partial charge in [-0.25, -0.2) is 0 Å². The fourth-order valence-corrected chi connectivity index (χ4v) is 1.74. The molecule has 104 valence electrons. The fourth-order valence-electron chi connectivity index (χ4n) is 1.74. The molecule has 0 radical (unpaired) electrons. The quantitative estimate of drug-likeness (QED) is 0.729. The van der Waals surface area contributed by atoms with Crippen molar-refractivity contribution in [3.8, 4) is 0 Å². The molecular weight excluding hydrogens is 244 g/mol. The Balaban J connectivity index is 2.73. The fraction of sp³-hybridized carbons (Fsp3) is 0.429. The first-order valence-electron chi connectivity index (χ1n) is 6.36. The summed E-state index contributed by atoms with van der Waals surface area (Å²) in [5, 5.41) is 14.4. The Kier molecular flexibility index (Phi) is 6.02. The first-order valence-corrected chi connectivity index (χ1v) is 6.36. The lowest BCUT2D eigenvalue weighted by Crippen LogP contribution is -2.35. The molecule has 5 nitrogen and oxygen atoms in total. The van der Waals surface area contributed by atoms with Crippen molar-refractivity contribution < 1.29 is 14.7 Å². The zero-order valence-corrected chi connectivity index (χ0v) is 11.3. The second-order valence-corrected chi connectivity index (χ2v) is 4.35. The molecule has 5 heteroatoms. The predicted molar refractivity (Wildman–Crippen MR) is 74.0 cm³/mol. The molecule has 0 fully saturated rings. The van der Waals surface area contributed by atoms with E-state index >= 15 is 0 Å². The summed E-state index contributed by atoms with van der Waals surface area (Å²) in [5.41, 5.74) is 1.08.